The van der Waals surface area contributed by atoms with Gasteiger partial charge in [0, 0.05) is 17.8 Å². The van der Waals surface area contributed by atoms with Crippen molar-refractivity contribution in [1.29, 1.82) is 0 Å². The zero-order valence-electron chi connectivity index (χ0n) is 9.66. The Balaban J connectivity index is 0.000000160. The van der Waals surface area contributed by atoms with Crippen molar-refractivity contribution in [2.75, 3.05) is 5.32 Å². The standard InChI is InChI=1S/C7H7N.C6H10O2/c1-2-6-4-7(3-1)8-5-6;1-3-5(4-2)6(7)8/h1-4,8H,5H2;3H,4H2,1-2H3,(H,7,8)/b;5-3+. The SMILES string of the molecule is C/C=C(\CC)C(=O)O.c1cc2cc(c1)NC2. The van der Waals surface area contributed by atoms with Crippen LogP contribution in [0.15, 0.2) is 35.9 Å². The molecule has 2 N–H and O–H groups in total. The van der Waals surface area contributed by atoms with Gasteiger partial charge in [-0.2, -0.15) is 0 Å². The van der Waals surface area contributed by atoms with Gasteiger partial charge in [-0.25, -0.2) is 4.79 Å². The number of benzene rings is 1. The van der Waals surface area contributed by atoms with Crippen LogP contribution in [0.1, 0.15) is 25.8 Å². The minimum atomic E-state index is -0.810. The van der Waals surface area contributed by atoms with Crippen LogP contribution in [0.5, 0.6) is 0 Å². The third kappa shape index (κ3) is 3.42. The predicted octanol–water partition coefficient (Wildman–Crippen LogP) is 3.04. The number of rotatable bonds is 2. The lowest BCUT2D eigenvalue weighted by atomic mass is 10.2. The van der Waals surface area contributed by atoms with Crippen LogP contribution in [0.3, 0.4) is 0 Å². The van der Waals surface area contributed by atoms with E-state index in [1.54, 1.807) is 13.0 Å². The van der Waals surface area contributed by atoms with Crippen LogP contribution in [-0.4, -0.2) is 11.1 Å². The van der Waals surface area contributed by atoms with E-state index in [1.807, 2.05) is 6.92 Å². The molecule has 86 valence electrons. The number of allylic oxidation sites excluding steroid dienone is 1. The maximum atomic E-state index is 10.1. The molecule has 1 aromatic rings. The second-order valence-electron chi connectivity index (χ2n) is 3.53. The molecule has 0 aromatic heterocycles. The number of fused-ring (bicyclic) bond motifs is 2. The van der Waals surface area contributed by atoms with E-state index in [2.05, 4.69) is 29.6 Å². The molecule has 0 amide bonds. The molecule has 16 heavy (non-hydrogen) atoms. The van der Waals surface area contributed by atoms with Crippen molar-refractivity contribution >= 4 is 11.7 Å². The van der Waals surface area contributed by atoms with Gasteiger partial charge in [-0.15, -0.1) is 0 Å². The first-order valence-electron chi connectivity index (χ1n) is 5.38. The van der Waals surface area contributed by atoms with Crippen LogP contribution in [-0.2, 0) is 11.3 Å². The second kappa shape index (κ2) is 5.95. The summed E-state index contributed by atoms with van der Waals surface area (Å²) in [5.41, 5.74) is 3.12. The summed E-state index contributed by atoms with van der Waals surface area (Å²) < 4.78 is 0. The minimum Gasteiger partial charge on any atom is -0.478 e. The largest absolute Gasteiger partial charge is 0.478 e. The average Bonchev–Trinajstić information content (AvgIpc) is 2.60. The Morgan fingerprint density at radius 3 is 2.69 bits per heavy atom. The fraction of sp³-hybridized carbons (Fsp3) is 0.308. The Bertz CT molecular complexity index is 377. The summed E-state index contributed by atoms with van der Waals surface area (Å²) in [6.07, 6.45) is 2.22. The summed E-state index contributed by atoms with van der Waals surface area (Å²) in [5.74, 6) is -0.810. The quantitative estimate of drug-likeness (QED) is 0.752. The highest BCUT2D eigenvalue weighted by Crippen LogP contribution is 2.17. The van der Waals surface area contributed by atoms with Gasteiger partial charge in [-0.3, -0.25) is 0 Å². The number of carboxylic acids is 1. The van der Waals surface area contributed by atoms with E-state index in [-0.39, 0.29) is 0 Å². The Morgan fingerprint density at radius 1 is 1.56 bits per heavy atom. The highest BCUT2D eigenvalue weighted by molar-refractivity contribution is 5.86. The van der Waals surface area contributed by atoms with Gasteiger partial charge >= 0.3 is 5.97 Å². The highest BCUT2D eigenvalue weighted by Gasteiger charge is 2.01. The second-order valence-corrected chi connectivity index (χ2v) is 3.53. The molecule has 1 aromatic carbocycles. The summed E-state index contributed by atoms with van der Waals surface area (Å²) >= 11 is 0. The van der Waals surface area contributed by atoms with Crippen LogP contribution in [0.25, 0.3) is 0 Å². The fourth-order valence-electron chi connectivity index (χ4n) is 1.47. The molecule has 1 aliphatic rings. The molecule has 3 nitrogen and oxygen atoms in total. The molecule has 2 rings (SSSR count). The van der Waals surface area contributed by atoms with Crippen LogP contribution >= 0.6 is 0 Å². The molecule has 0 spiro atoms. The molecule has 0 unspecified atom stereocenters. The summed E-state index contributed by atoms with van der Waals surface area (Å²) in [6, 6.07) is 8.45. The number of anilines is 1. The summed E-state index contributed by atoms with van der Waals surface area (Å²) in [4.78, 5) is 10.1. The maximum absolute atomic E-state index is 10.1. The van der Waals surface area contributed by atoms with E-state index in [0.29, 0.717) is 12.0 Å². The Morgan fingerprint density at radius 2 is 2.31 bits per heavy atom. The first kappa shape index (κ1) is 12.3. The van der Waals surface area contributed by atoms with Gasteiger partial charge in [-0.05, 0) is 31.0 Å². The molecule has 0 saturated carbocycles. The van der Waals surface area contributed by atoms with Gasteiger partial charge in [0.15, 0.2) is 0 Å². The molecule has 0 atom stereocenters. The third-order valence-electron chi connectivity index (χ3n) is 2.43. The van der Waals surface area contributed by atoms with Crippen molar-refractivity contribution in [1.82, 2.24) is 0 Å². The topological polar surface area (TPSA) is 49.3 Å². The minimum absolute atomic E-state index is 0.477. The normalized spacial score (nSPS) is 12.5. The average molecular weight is 219 g/mol. The number of carboxylic acid groups (broad SMARTS) is 1. The van der Waals surface area contributed by atoms with E-state index < -0.39 is 5.97 Å². The number of hydrogen-bond acceptors (Lipinski definition) is 2. The van der Waals surface area contributed by atoms with Crippen LogP contribution in [0.4, 0.5) is 5.69 Å². The van der Waals surface area contributed by atoms with Crippen molar-refractivity contribution in [2.24, 2.45) is 0 Å². The van der Waals surface area contributed by atoms with Crippen molar-refractivity contribution < 1.29 is 9.90 Å². The van der Waals surface area contributed by atoms with Gasteiger partial charge in [-0.1, -0.05) is 25.1 Å². The number of hydrogen-bond donors (Lipinski definition) is 2. The van der Waals surface area contributed by atoms with Gasteiger partial charge in [0.1, 0.15) is 0 Å². The van der Waals surface area contributed by atoms with Gasteiger partial charge in [0.25, 0.3) is 0 Å². The molecule has 1 heterocycles. The molecular weight excluding hydrogens is 202 g/mol. The molecule has 1 aliphatic heterocycles. The third-order valence-corrected chi connectivity index (χ3v) is 2.43. The molecule has 3 heteroatoms. The summed E-state index contributed by atoms with van der Waals surface area (Å²) in [5, 5.41) is 11.5. The number of nitrogens with one attached hydrogen (secondary N) is 1. The number of aliphatic carboxylic acids is 1. The zero-order valence-corrected chi connectivity index (χ0v) is 9.66. The molecule has 0 saturated heterocycles. The van der Waals surface area contributed by atoms with E-state index >= 15 is 0 Å². The summed E-state index contributed by atoms with van der Waals surface area (Å²) in [6.45, 7) is 4.57. The molecule has 0 fully saturated rings. The Labute approximate surface area is 95.8 Å². The molecule has 0 aliphatic carbocycles. The van der Waals surface area contributed by atoms with Crippen LogP contribution in [0, 0.1) is 0 Å². The van der Waals surface area contributed by atoms with Gasteiger partial charge in [0.05, 0.1) is 0 Å². The monoisotopic (exact) mass is 219 g/mol. The predicted molar refractivity (Wildman–Crippen MR) is 65.5 cm³/mol. The lowest BCUT2D eigenvalue weighted by Gasteiger charge is -1.91. The van der Waals surface area contributed by atoms with E-state index in [4.69, 9.17) is 5.11 Å². The maximum Gasteiger partial charge on any atom is 0.331 e. The lowest BCUT2D eigenvalue weighted by molar-refractivity contribution is -0.132. The van der Waals surface area contributed by atoms with Gasteiger partial charge in [0.2, 0.25) is 0 Å². The summed E-state index contributed by atoms with van der Waals surface area (Å²) in [7, 11) is 0. The highest BCUT2D eigenvalue weighted by atomic mass is 16.4. The van der Waals surface area contributed by atoms with E-state index in [9.17, 15) is 4.79 Å². The molecule has 0 radical (unpaired) electrons. The Kier molecular flexibility index (Phi) is 4.58. The van der Waals surface area contributed by atoms with E-state index in [1.165, 1.54) is 11.3 Å². The fourth-order valence-corrected chi connectivity index (χ4v) is 1.47. The van der Waals surface area contributed by atoms with Crippen molar-refractivity contribution in [3.63, 3.8) is 0 Å². The lowest BCUT2D eigenvalue weighted by Crippen LogP contribution is -1.97. The first-order chi connectivity index (χ1) is 7.67. The van der Waals surface area contributed by atoms with Crippen LogP contribution < -0.4 is 5.32 Å². The number of carbonyl (C=O) groups is 1. The van der Waals surface area contributed by atoms with E-state index in [0.717, 1.165) is 6.54 Å². The van der Waals surface area contributed by atoms with Gasteiger partial charge < -0.3 is 10.4 Å². The first-order valence-corrected chi connectivity index (χ1v) is 5.38. The van der Waals surface area contributed by atoms with Crippen molar-refractivity contribution in [3.8, 4) is 0 Å². The van der Waals surface area contributed by atoms with Crippen molar-refractivity contribution in [2.45, 2.75) is 26.8 Å². The Hall–Kier alpha value is -1.77. The van der Waals surface area contributed by atoms with Crippen LogP contribution in [0.2, 0.25) is 0 Å². The molecular formula is C13H17NO2. The smallest absolute Gasteiger partial charge is 0.331 e. The molecule has 2 bridgehead atoms. The zero-order chi connectivity index (χ0) is 12.0. The van der Waals surface area contributed by atoms with Crippen molar-refractivity contribution in [3.05, 3.63) is 41.5 Å².